The monoisotopic (exact) mass is 466 g/mol. The summed E-state index contributed by atoms with van der Waals surface area (Å²) in [5.41, 5.74) is 7.27. The predicted molar refractivity (Wildman–Crippen MR) is 147 cm³/mol. The Hall–Kier alpha value is -4.84. The van der Waals surface area contributed by atoms with Crippen LogP contribution in [0.2, 0.25) is 0 Å². The Kier molecular flexibility index (Phi) is 4.48. The molecule has 0 saturated heterocycles. The third kappa shape index (κ3) is 3.04. The second kappa shape index (κ2) is 7.85. The van der Waals surface area contributed by atoms with Crippen molar-refractivity contribution in [2.45, 2.75) is 0 Å². The first-order chi connectivity index (χ1) is 17.7. The number of hydrogen-bond donors (Lipinski definition) is 0. The normalized spacial score (nSPS) is 11.6. The number of benzene rings is 4. The lowest BCUT2D eigenvalue weighted by Gasteiger charge is -1.99. The second-order valence-corrected chi connectivity index (χ2v) is 8.97. The number of para-hydroxylation sites is 3. The Labute approximate surface area is 206 Å². The Bertz CT molecular complexity index is 1930. The van der Waals surface area contributed by atoms with Crippen LogP contribution in [-0.2, 0) is 14.1 Å². The van der Waals surface area contributed by atoms with Gasteiger partial charge in [-0.05, 0) is 30.3 Å². The largest absolute Gasteiger partial charge is 0.327 e. The van der Waals surface area contributed by atoms with Crippen molar-refractivity contribution in [2.24, 2.45) is 14.1 Å². The van der Waals surface area contributed by atoms with E-state index in [9.17, 15) is 0 Å². The molecule has 0 aliphatic carbocycles. The Morgan fingerprint density at radius 3 is 1.92 bits per heavy atom. The molecule has 0 spiro atoms. The van der Waals surface area contributed by atoms with Gasteiger partial charge in [0.05, 0.1) is 27.6 Å². The molecule has 172 valence electrons. The third-order valence-electron chi connectivity index (χ3n) is 6.86. The van der Waals surface area contributed by atoms with E-state index in [1.807, 2.05) is 75.0 Å². The zero-order chi connectivity index (χ0) is 24.2. The summed E-state index contributed by atoms with van der Waals surface area (Å²) in [6.45, 7) is 0. The highest BCUT2D eigenvalue weighted by molar-refractivity contribution is 6.02. The van der Waals surface area contributed by atoms with Crippen molar-refractivity contribution in [3.63, 3.8) is 0 Å². The molecule has 0 fully saturated rings. The number of fused-ring (bicyclic) bond motifs is 6. The molecule has 3 aromatic heterocycles. The van der Waals surface area contributed by atoms with E-state index in [-0.39, 0.29) is 0 Å². The molecule has 4 bridgehead atoms. The molecular formula is C30H22N6. The lowest BCUT2D eigenvalue weighted by molar-refractivity contribution is 1.01. The van der Waals surface area contributed by atoms with Gasteiger partial charge in [-0.3, -0.25) is 9.97 Å². The van der Waals surface area contributed by atoms with Gasteiger partial charge in [0, 0.05) is 48.0 Å². The van der Waals surface area contributed by atoms with E-state index in [1.165, 1.54) is 0 Å². The highest BCUT2D eigenvalue weighted by Gasteiger charge is 2.10. The zero-order valence-electron chi connectivity index (χ0n) is 19.9. The lowest BCUT2D eigenvalue weighted by Crippen LogP contribution is -1.88. The smallest absolute Gasteiger partial charge is 0.143 e. The van der Waals surface area contributed by atoms with E-state index in [2.05, 4.69) is 45.5 Å². The van der Waals surface area contributed by atoms with Crippen LogP contribution < -0.4 is 0 Å². The fourth-order valence-electron chi connectivity index (χ4n) is 4.99. The Morgan fingerprint density at radius 2 is 1.06 bits per heavy atom. The van der Waals surface area contributed by atoms with Crippen molar-refractivity contribution in [3.8, 4) is 0 Å². The molecule has 0 unspecified atom stereocenters. The molecule has 36 heavy (non-hydrogen) atoms. The minimum absolute atomic E-state index is 0.825. The van der Waals surface area contributed by atoms with Crippen molar-refractivity contribution in [1.82, 2.24) is 29.1 Å². The van der Waals surface area contributed by atoms with Gasteiger partial charge in [-0.2, -0.15) is 0 Å². The number of nitrogens with zero attached hydrogens (tertiary/aromatic N) is 6. The van der Waals surface area contributed by atoms with Crippen molar-refractivity contribution < 1.29 is 0 Å². The molecular weight excluding hydrogens is 444 g/mol. The van der Waals surface area contributed by atoms with Crippen LogP contribution in [-0.4, -0.2) is 29.1 Å². The molecule has 0 aliphatic heterocycles. The van der Waals surface area contributed by atoms with Gasteiger partial charge in [0.2, 0.25) is 0 Å². The van der Waals surface area contributed by atoms with Gasteiger partial charge in [-0.25, -0.2) is 9.97 Å². The molecule has 4 aromatic carbocycles. The van der Waals surface area contributed by atoms with Gasteiger partial charge in [0.25, 0.3) is 0 Å². The minimum atomic E-state index is 0.825. The minimum Gasteiger partial charge on any atom is -0.327 e. The first kappa shape index (κ1) is 20.5. The zero-order valence-corrected chi connectivity index (χ0v) is 19.9. The van der Waals surface area contributed by atoms with Gasteiger partial charge in [0.15, 0.2) is 0 Å². The average Bonchev–Trinajstić information content (AvgIpc) is 3.43. The molecule has 7 rings (SSSR count). The van der Waals surface area contributed by atoms with Crippen LogP contribution in [0.4, 0.5) is 0 Å². The Morgan fingerprint density at radius 1 is 0.500 bits per heavy atom. The fourth-order valence-corrected chi connectivity index (χ4v) is 4.99. The van der Waals surface area contributed by atoms with Gasteiger partial charge >= 0.3 is 0 Å². The molecule has 6 nitrogen and oxygen atoms in total. The fraction of sp³-hybridized carbons (Fsp3) is 0.0667. The van der Waals surface area contributed by atoms with E-state index in [4.69, 9.17) is 19.9 Å². The van der Waals surface area contributed by atoms with E-state index in [0.29, 0.717) is 0 Å². The van der Waals surface area contributed by atoms with Crippen LogP contribution in [0.25, 0.3) is 65.9 Å². The number of aromatic nitrogens is 6. The maximum absolute atomic E-state index is 5.06. The van der Waals surface area contributed by atoms with Crippen LogP contribution in [0, 0.1) is 0 Å². The van der Waals surface area contributed by atoms with E-state index < -0.39 is 0 Å². The van der Waals surface area contributed by atoms with Crippen LogP contribution in [0.15, 0.2) is 97.3 Å². The van der Waals surface area contributed by atoms with Crippen LogP contribution in [0.1, 0.15) is 0 Å². The van der Waals surface area contributed by atoms with E-state index in [1.54, 1.807) is 0 Å². The van der Waals surface area contributed by atoms with E-state index >= 15 is 0 Å². The third-order valence-corrected chi connectivity index (χ3v) is 6.86. The SMILES string of the molecule is Cn1c2cccc3cnc4cccc5c4nc(c4ccccc4cnc4ccccc4c1nc32)n5C. The highest BCUT2D eigenvalue weighted by Crippen LogP contribution is 2.26. The molecule has 0 aliphatic rings. The van der Waals surface area contributed by atoms with Crippen molar-refractivity contribution in [2.75, 3.05) is 0 Å². The predicted octanol–water partition coefficient (Wildman–Crippen LogP) is 6.55. The van der Waals surface area contributed by atoms with Gasteiger partial charge < -0.3 is 9.13 Å². The summed E-state index contributed by atoms with van der Waals surface area (Å²) in [6.07, 6.45) is 3.82. The lowest BCUT2D eigenvalue weighted by atomic mass is 10.2. The van der Waals surface area contributed by atoms with Crippen LogP contribution >= 0.6 is 0 Å². The summed E-state index contributed by atoms with van der Waals surface area (Å²) < 4.78 is 4.25. The molecule has 0 saturated carbocycles. The molecule has 0 amide bonds. The standard InChI is InChI=1S/C30H22N6/c1-35-25-15-7-10-20-18-32-24-14-8-16-26-28(24)34-29(36(26)2)21-11-4-3-9-19(21)17-31-23-13-6-5-12-22(23)30(35)33-27(20)25/h3-18H,1-2H3. The number of rotatable bonds is 0. The molecule has 7 aromatic rings. The van der Waals surface area contributed by atoms with Crippen molar-refractivity contribution in [1.29, 1.82) is 0 Å². The molecule has 0 N–H and O–H groups in total. The van der Waals surface area contributed by atoms with Gasteiger partial charge in [-0.1, -0.05) is 54.6 Å². The summed E-state index contributed by atoms with van der Waals surface area (Å²) >= 11 is 0. The quantitative estimate of drug-likeness (QED) is 0.254. The number of hydrogen-bond acceptors (Lipinski definition) is 4. The number of aryl methyl sites for hydroxylation is 2. The first-order valence-corrected chi connectivity index (χ1v) is 11.9. The second-order valence-electron chi connectivity index (χ2n) is 8.97. The maximum atomic E-state index is 5.06. The molecule has 6 heteroatoms. The summed E-state index contributed by atoms with van der Waals surface area (Å²) in [4.78, 5) is 20.0. The molecule has 0 radical (unpaired) electrons. The summed E-state index contributed by atoms with van der Waals surface area (Å²) in [7, 11) is 4.09. The summed E-state index contributed by atoms with van der Waals surface area (Å²) in [5, 5.41) is 3.95. The highest BCUT2D eigenvalue weighted by atomic mass is 15.1. The van der Waals surface area contributed by atoms with Gasteiger partial charge in [-0.15, -0.1) is 0 Å². The first-order valence-electron chi connectivity index (χ1n) is 11.9. The summed E-state index contributed by atoms with van der Waals surface area (Å²) in [5.74, 6) is 0. The van der Waals surface area contributed by atoms with Crippen molar-refractivity contribution in [3.05, 3.63) is 97.3 Å². The van der Waals surface area contributed by atoms with E-state index in [0.717, 1.165) is 65.9 Å². The van der Waals surface area contributed by atoms with Crippen LogP contribution in [0.3, 0.4) is 0 Å². The topological polar surface area (TPSA) is 61.4 Å². The molecule has 0 atom stereocenters. The van der Waals surface area contributed by atoms with Crippen LogP contribution in [0.5, 0.6) is 0 Å². The number of imidazole rings is 2. The summed E-state index contributed by atoms with van der Waals surface area (Å²) in [6, 6.07) is 28.7. The van der Waals surface area contributed by atoms with Gasteiger partial charge in [0.1, 0.15) is 16.8 Å². The van der Waals surface area contributed by atoms with Crippen molar-refractivity contribution >= 4 is 65.9 Å². The maximum Gasteiger partial charge on any atom is 0.143 e. The Balaban J connectivity index is 1.78. The molecule has 3 heterocycles. The average molecular weight is 467 g/mol.